The lowest BCUT2D eigenvalue weighted by molar-refractivity contribution is 0.0947. The lowest BCUT2D eigenvalue weighted by Crippen LogP contribution is -2.52. The van der Waals surface area contributed by atoms with Crippen LogP contribution in [0.15, 0.2) is 89.1 Å². The Bertz CT molecular complexity index is 1280. The molecule has 0 bridgehead atoms. The van der Waals surface area contributed by atoms with Crippen LogP contribution in [-0.4, -0.2) is 23.0 Å². The second-order valence-corrected chi connectivity index (χ2v) is 8.18. The molecule has 2 aliphatic rings. The molecule has 0 fully saturated rings. The van der Waals surface area contributed by atoms with Gasteiger partial charge in [-0.2, -0.15) is 10.2 Å². The van der Waals surface area contributed by atoms with Gasteiger partial charge in [0.05, 0.1) is 11.7 Å². The first-order valence-corrected chi connectivity index (χ1v) is 10.7. The third kappa shape index (κ3) is 4.12. The molecular weight excluding hydrogens is 444 g/mol. The van der Waals surface area contributed by atoms with Crippen LogP contribution >= 0.6 is 23.8 Å². The molecule has 6 nitrogen and oxygen atoms in total. The summed E-state index contributed by atoms with van der Waals surface area (Å²) in [6, 6.07) is 21.0. The predicted octanol–water partition coefficient (Wildman–Crippen LogP) is 5.67. The molecule has 8 heteroatoms. The molecule has 2 N–H and O–H groups in total. The lowest BCUT2D eigenvalue weighted by Gasteiger charge is -2.30. The van der Waals surface area contributed by atoms with Crippen LogP contribution in [0.2, 0.25) is 5.02 Å². The van der Waals surface area contributed by atoms with E-state index in [1.807, 2.05) is 60.7 Å². The highest BCUT2D eigenvalue weighted by atomic mass is 35.5. The minimum absolute atomic E-state index is 0.156. The van der Waals surface area contributed by atoms with Crippen molar-refractivity contribution in [2.45, 2.75) is 12.1 Å². The van der Waals surface area contributed by atoms with Crippen molar-refractivity contribution in [3.63, 3.8) is 0 Å². The molecule has 0 saturated carbocycles. The minimum Gasteiger partial charge on any atom is -0.457 e. The molecule has 0 spiro atoms. The maximum atomic E-state index is 13.1. The largest absolute Gasteiger partial charge is 0.457 e. The summed E-state index contributed by atoms with van der Waals surface area (Å²) in [4.78, 5) is 13.1. The first-order chi connectivity index (χ1) is 15.6. The van der Waals surface area contributed by atoms with Crippen molar-refractivity contribution < 1.29 is 9.53 Å². The maximum Gasteiger partial charge on any atom is 0.193 e. The molecule has 2 aliphatic heterocycles. The number of hydrogen-bond donors (Lipinski definition) is 2. The van der Waals surface area contributed by atoms with Gasteiger partial charge in [-0.25, -0.2) is 0 Å². The van der Waals surface area contributed by atoms with E-state index in [-0.39, 0.29) is 5.78 Å². The number of Topliss-reactive ketones (excluding diaryl/α,β-unsaturated/α-hetero) is 1. The molecule has 0 saturated heterocycles. The van der Waals surface area contributed by atoms with Gasteiger partial charge in [-0.3, -0.25) is 4.79 Å². The lowest BCUT2D eigenvalue weighted by atomic mass is 9.94. The van der Waals surface area contributed by atoms with E-state index >= 15 is 0 Å². The van der Waals surface area contributed by atoms with Crippen molar-refractivity contribution in [1.29, 1.82) is 0 Å². The fourth-order valence-electron chi connectivity index (χ4n) is 3.63. The predicted molar refractivity (Wildman–Crippen MR) is 128 cm³/mol. The highest BCUT2D eigenvalue weighted by Gasteiger charge is 2.35. The number of rotatable bonds is 4. The normalized spacial score (nSPS) is 19.5. The van der Waals surface area contributed by atoms with Crippen molar-refractivity contribution in [2.24, 2.45) is 10.2 Å². The summed E-state index contributed by atoms with van der Waals surface area (Å²) in [5.41, 5.74) is 2.60. The zero-order chi connectivity index (χ0) is 22.1. The zero-order valence-electron chi connectivity index (χ0n) is 16.7. The molecule has 0 aromatic heterocycles. The monoisotopic (exact) mass is 460 g/mol. The first-order valence-electron chi connectivity index (χ1n) is 9.94. The number of thiocarbonyl (C=S) groups is 1. The summed E-state index contributed by atoms with van der Waals surface area (Å²) < 4.78 is 5.94. The van der Waals surface area contributed by atoms with E-state index in [1.54, 1.807) is 18.2 Å². The number of nitrogens with zero attached hydrogens (tertiary/aromatic N) is 2. The van der Waals surface area contributed by atoms with Crippen LogP contribution in [0, 0.1) is 0 Å². The SMILES string of the molecule is O=C1c2cc(Cl)ccc2N=NC1C1C=C(c2cccc(Oc3ccccc3)c2)NC(=S)N1. The van der Waals surface area contributed by atoms with E-state index < -0.39 is 12.1 Å². The second-order valence-electron chi connectivity index (χ2n) is 7.33. The Hall–Kier alpha value is -3.55. The number of nitrogens with one attached hydrogen (secondary N) is 2. The molecule has 3 aromatic carbocycles. The molecular formula is C24H17ClN4O2S. The third-order valence-electron chi connectivity index (χ3n) is 5.14. The zero-order valence-corrected chi connectivity index (χ0v) is 18.2. The molecule has 2 heterocycles. The Morgan fingerprint density at radius 1 is 0.969 bits per heavy atom. The van der Waals surface area contributed by atoms with Gasteiger partial charge < -0.3 is 15.4 Å². The van der Waals surface area contributed by atoms with Gasteiger partial charge in [-0.05, 0) is 60.8 Å². The number of azo groups is 1. The van der Waals surface area contributed by atoms with Gasteiger partial charge in [0.2, 0.25) is 0 Å². The fraction of sp³-hybridized carbons (Fsp3) is 0.0833. The molecule has 0 radical (unpaired) electrons. The minimum atomic E-state index is -0.750. The van der Waals surface area contributed by atoms with Crippen LogP contribution in [-0.2, 0) is 0 Å². The smallest absolute Gasteiger partial charge is 0.193 e. The van der Waals surface area contributed by atoms with Gasteiger partial charge in [0.15, 0.2) is 16.9 Å². The van der Waals surface area contributed by atoms with Gasteiger partial charge >= 0.3 is 0 Å². The van der Waals surface area contributed by atoms with E-state index in [1.165, 1.54) is 0 Å². The molecule has 0 aliphatic carbocycles. The van der Waals surface area contributed by atoms with E-state index in [0.717, 1.165) is 17.0 Å². The third-order valence-corrected chi connectivity index (χ3v) is 5.59. The highest BCUT2D eigenvalue weighted by Crippen LogP contribution is 2.32. The topological polar surface area (TPSA) is 75.1 Å². The fourth-order valence-corrected chi connectivity index (χ4v) is 4.04. The van der Waals surface area contributed by atoms with Crippen LogP contribution in [0.4, 0.5) is 5.69 Å². The Morgan fingerprint density at radius 2 is 1.78 bits per heavy atom. The number of halogens is 1. The van der Waals surface area contributed by atoms with Gasteiger partial charge in [0.1, 0.15) is 11.5 Å². The standard InChI is InChI=1S/C24H17ClN4O2S/c25-15-9-10-19-18(12-15)23(30)22(29-28-19)21-13-20(26-24(32)27-21)14-5-4-8-17(11-14)31-16-6-2-1-3-7-16/h1-13,21-22H,(H2,26,27,32). The van der Waals surface area contributed by atoms with Crippen LogP contribution < -0.4 is 15.4 Å². The van der Waals surface area contributed by atoms with Crippen molar-refractivity contribution in [3.05, 3.63) is 95.0 Å². The number of carbonyl (C=O) groups excluding carboxylic acids is 1. The van der Waals surface area contributed by atoms with Crippen molar-refractivity contribution in [3.8, 4) is 11.5 Å². The molecule has 5 rings (SSSR count). The Morgan fingerprint density at radius 3 is 2.62 bits per heavy atom. The molecule has 0 amide bonds. The van der Waals surface area contributed by atoms with Gasteiger partial charge in [0.25, 0.3) is 0 Å². The van der Waals surface area contributed by atoms with Gasteiger partial charge in [-0.1, -0.05) is 41.9 Å². The highest BCUT2D eigenvalue weighted by molar-refractivity contribution is 7.80. The van der Waals surface area contributed by atoms with Gasteiger partial charge in [0, 0.05) is 21.8 Å². The molecule has 158 valence electrons. The van der Waals surface area contributed by atoms with Crippen LogP contribution in [0.25, 0.3) is 5.70 Å². The maximum absolute atomic E-state index is 13.1. The van der Waals surface area contributed by atoms with Gasteiger partial charge in [-0.15, -0.1) is 0 Å². The number of hydrogen-bond acceptors (Lipinski definition) is 5. The van der Waals surface area contributed by atoms with E-state index in [4.69, 9.17) is 28.6 Å². The van der Waals surface area contributed by atoms with Crippen molar-refractivity contribution in [1.82, 2.24) is 10.6 Å². The average Bonchev–Trinajstić information content (AvgIpc) is 2.80. The van der Waals surface area contributed by atoms with Crippen LogP contribution in [0.3, 0.4) is 0 Å². The number of para-hydroxylation sites is 1. The van der Waals surface area contributed by atoms with Crippen molar-refractivity contribution in [2.75, 3.05) is 0 Å². The molecule has 2 unspecified atom stereocenters. The number of benzene rings is 3. The number of carbonyl (C=O) groups is 1. The molecule has 2 atom stereocenters. The second kappa shape index (κ2) is 8.53. The molecule has 32 heavy (non-hydrogen) atoms. The van der Waals surface area contributed by atoms with Crippen LogP contribution in [0.5, 0.6) is 11.5 Å². The average molecular weight is 461 g/mol. The summed E-state index contributed by atoms with van der Waals surface area (Å²) in [6.07, 6.45) is 1.90. The summed E-state index contributed by atoms with van der Waals surface area (Å²) in [5.74, 6) is 1.28. The number of ether oxygens (including phenoxy) is 1. The van der Waals surface area contributed by atoms with E-state index in [9.17, 15) is 4.79 Å². The Kier molecular flexibility index (Phi) is 5.43. The first kappa shape index (κ1) is 20.4. The van der Waals surface area contributed by atoms with E-state index in [0.29, 0.717) is 27.1 Å². The Balaban J connectivity index is 1.44. The number of ketones is 1. The summed E-state index contributed by atoms with van der Waals surface area (Å²) in [7, 11) is 0. The Labute approximate surface area is 195 Å². The van der Waals surface area contributed by atoms with Crippen LogP contribution in [0.1, 0.15) is 15.9 Å². The summed E-state index contributed by atoms with van der Waals surface area (Å²) in [6.45, 7) is 0. The number of fused-ring (bicyclic) bond motifs is 1. The quantitative estimate of drug-likeness (QED) is 0.491. The van der Waals surface area contributed by atoms with Crippen molar-refractivity contribution >= 4 is 46.1 Å². The molecule has 3 aromatic rings. The summed E-state index contributed by atoms with van der Waals surface area (Å²) in [5, 5.41) is 15.6. The van der Waals surface area contributed by atoms with E-state index in [2.05, 4.69) is 20.9 Å². The summed E-state index contributed by atoms with van der Waals surface area (Å²) >= 11 is 11.5.